The molecule has 0 heterocycles. The largest absolute Gasteiger partial charge is 0.289 e. The van der Waals surface area contributed by atoms with Gasteiger partial charge in [-0.15, -0.1) is 0 Å². The van der Waals surface area contributed by atoms with Crippen molar-refractivity contribution in [3.05, 3.63) is 77.9 Å². The quantitative estimate of drug-likeness (QED) is 0.596. The molecule has 0 amide bonds. The number of rotatable bonds is 5. The third-order valence-electron chi connectivity index (χ3n) is 3.01. The van der Waals surface area contributed by atoms with Gasteiger partial charge in [-0.25, -0.2) is 0 Å². The molecule has 0 saturated carbocycles. The average Bonchev–Trinajstić information content (AvgIpc) is 2.53. The van der Waals surface area contributed by atoms with E-state index in [0.29, 0.717) is 18.4 Å². The van der Waals surface area contributed by atoms with Gasteiger partial charge in [0, 0.05) is 12.0 Å². The molecule has 0 aliphatic rings. The van der Waals surface area contributed by atoms with Crippen LogP contribution in [0.3, 0.4) is 0 Å². The lowest BCUT2D eigenvalue weighted by Crippen LogP contribution is -1.96. The van der Waals surface area contributed by atoms with E-state index in [-0.39, 0.29) is 5.78 Å². The van der Waals surface area contributed by atoms with Crippen molar-refractivity contribution < 1.29 is 4.79 Å². The smallest absolute Gasteiger partial charge is 0.186 e. The molecule has 2 rings (SSSR count). The fraction of sp³-hybridized carbons (Fsp3) is 0.111. The Morgan fingerprint density at radius 3 is 2.05 bits per heavy atom. The van der Waals surface area contributed by atoms with Crippen molar-refractivity contribution in [3.8, 4) is 6.07 Å². The normalized spacial score (nSPS) is 10.8. The van der Waals surface area contributed by atoms with Gasteiger partial charge >= 0.3 is 0 Å². The van der Waals surface area contributed by atoms with E-state index in [1.165, 1.54) is 0 Å². The fourth-order valence-electron chi connectivity index (χ4n) is 1.99. The van der Waals surface area contributed by atoms with Crippen molar-refractivity contribution in [1.29, 1.82) is 5.26 Å². The Kier molecular flexibility index (Phi) is 4.86. The highest BCUT2D eigenvalue weighted by molar-refractivity contribution is 6.08. The van der Waals surface area contributed by atoms with E-state index < -0.39 is 0 Å². The van der Waals surface area contributed by atoms with E-state index in [1.807, 2.05) is 48.5 Å². The van der Waals surface area contributed by atoms with Crippen LogP contribution in [-0.2, 0) is 0 Å². The predicted molar refractivity (Wildman–Crippen MR) is 80.0 cm³/mol. The van der Waals surface area contributed by atoms with Crippen LogP contribution in [0, 0.1) is 11.3 Å². The number of carbonyl (C=O) groups excluding carboxylic acids is 1. The number of hydrogen-bond donors (Lipinski definition) is 0. The Labute approximate surface area is 119 Å². The van der Waals surface area contributed by atoms with Gasteiger partial charge in [0.05, 0.1) is 6.07 Å². The van der Waals surface area contributed by atoms with E-state index >= 15 is 0 Å². The molecule has 0 saturated heterocycles. The van der Waals surface area contributed by atoms with Gasteiger partial charge in [0.2, 0.25) is 0 Å². The summed E-state index contributed by atoms with van der Waals surface area (Å²) in [6, 6.07) is 21.0. The summed E-state index contributed by atoms with van der Waals surface area (Å²) in [6.45, 7) is 0. The van der Waals surface area contributed by atoms with Gasteiger partial charge in [-0.1, -0.05) is 60.7 Å². The molecule has 2 heteroatoms. The lowest BCUT2D eigenvalue weighted by Gasteiger charge is -2.05. The first-order chi connectivity index (χ1) is 9.81. The van der Waals surface area contributed by atoms with Crippen LogP contribution in [0.15, 0.2) is 66.7 Å². The molecule has 0 aliphatic carbocycles. The number of benzene rings is 2. The summed E-state index contributed by atoms with van der Waals surface area (Å²) < 4.78 is 0. The zero-order chi connectivity index (χ0) is 14.2. The molecule has 0 aromatic heterocycles. The van der Waals surface area contributed by atoms with Gasteiger partial charge in [0.25, 0.3) is 0 Å². The zero-order valence-electron chi connectivity index (χ0n) is 11.1. The van der Waals surface area contributed by atoms with Crippen LogP contribution in [0.5, 0.6) is 0 Å². The third-order valence-corrected chi connectivity index (χ3v) is 3.01. The molecule has 2 aromatic rings. The van der Waals surface area contributed by atoms with Crippen molar-refractivity contribution in [2.45, 2.75) is 12.8 Å². The van der Waals surface area contributed by atoms with Crippen LogP contribution in [-0.4, -0.2) is 5.78 Å². The minimum atomic E-state index is -0.0256. The summed E-state index contributed by atoms with van der Waals surface area (Å²) in [5.74, 6) is -0.0256. The molecule has 0 unspecified atom stereocenters. The lowest BCUT2D eigenvalue weighted by molar-refractivity contribution is 0.104. The molecule has 20 heavy (non-hydrogen) atoms. The summed E-state index contributed by atoms with van der Waals surface area (Å²) in [4.78, 5) is 12.2. The second-order valence-electron chi connectivity index (χ2n) is 4.42. The Morgan fingerprint density at radius 1 is 0.950 bits per heavy atom. The van der Waals surface area contributed by atoms with Crippen LogP contribution in [0.4, 0.5) is 0 Å². The van der Waals surface area contributed by atoms with Crippen molar-refractivity contribution >= 4 is 11.4 Å². The molecule has 0 atom stereocenters. The Bertz CT molecular complexity index is 636. The van der Waals surface area contributed by atoms with Gasteiger partial charge < -0.3 is 0 Å². The van der Waals surface area contributed by atoms with Gasteiger partial charge in [0.15, 0.2) is 5.78 Å². The molecular weight excluding hydrogens is 246 g/mol. The van der Waals surface area contributed by atoms with Crippen LogP contribution in [0.1, 0.15) is 28.8 Å². The number of ketones is 1. The molecule has 0 aliphatic heterocycles. The summed E-state index contributed by atoms with van der Waals surface area (Å²) in [7, 11) is 0. The Hall–Kier alpha value is -2.66. The minimum absolute atomic E-state index is 0.0256. The van der Waals surface area contributed by atoms with Crippen molar-refractivity contribution in [3.63, 3.8) is 0 Å². The van der Waals surface area contributed by atoms with Gasteiger partial charge in [-0.05, 0) is 23.6 Å². The highest BCUT2D eigenvalue weighted by atomic mass is 16.1. The van der Waals surface area contributed by atoms with E-state index in [4.69, 9.17) is 5.26 Å². The minimum Gasteiger partial charge on any atom is -0.289 e. The monoisotopic (exact) mass is 261 g/mol. The van der Waals surface area contributed by atoms with E-state index in [1.54, 1.807) is 18.2 Å². The maximum absolute atomic E-state index is 12.2. The molecule has 0 radical (unpaired) electrons. The van der Waals surface area contributed by atoms with Gasteiger partial charge in [-0.3, -0.25) is 4.79 Å². The van der Waals surface area contributed by atoms with Crippen LogP contribution in [0.25, 0.3) is 5.57 Å². The van der Waals surface area contributed by atoms with Crippen LogP contribution >= 0.6 is 0 Å². The van der Waals surface area contributed by atoms with E-state index in [0.717, 1.165) is 11.1 Å². The zero-order valence-corrected chi connectivity index (χ0v) is 11.1. The van der Waals surface area contributed by atoms with Gasteiger partial charge in [-0.2, -0.15) is 5.26 Å². The predicted octanol–water partition coefficient (Wildman–Crippen LogP) is 4.26. The number of hydrogen-bond acceptors (Lipinski definition) is 2. The summed E-state index contributed by atoms with van der Waals surface area (Å²) in [6.07, 6.45) is 2.63. The first kappa shape index (κ1) is 13.8. The number of nitrogens with zero attached hydrogens (tertiary/aromatic N) is 1. The Morgan fingerprint density at radius 2 is 1.50 bits per heavy atom. The standard InChI is InChI=1S/C18H15NO/c19-13-7-12-17(15-8-3-1-4-9-15)14-18(20)16-10-5-2-6-11-16/h1-6,8-11,14H,7,12H2/b17-14-. The number of carbonyl (C=O) groups is 1. The molecule has 0 spiro atoms. The maximum atomic E-state index is 12.2. The summed E-state index contributed by atoms with van der Waals surface area (Å²) >= 11 is 0. The molecular formula is C18H15NO. The summed E-state index contributed by atoms with van der Waals surface area (Å²) in [5, 5.41) is 8.75. The molecule has 0 N–H and O–H groups in total. The Balaban J connectivity index is 2.29. The molecule has 98 valence electrons. The van der Waals surface area contributed by atoms with Crippen LogP contribution < -0.4 is 0 Å². The van der Waals surface area contributed by atoms with Crippen molar-refractivity contribution in [2.75, 3.05) is 0 Å². The third kappa shape index (κ3) is 3.66. The first-order valence-electron chi connectivity index (χ1n) is 6.53. The summed E-state index contributed by atoms with van der Waals surface area (Å²) in [5.41, 5.74) is 2.56. The highest BCUT2D eigenvalue weighted by Crippen LogP contribution is 2.20. The number of nitriles is 1. The second-order valence-corrected chi connectivity index (χ2v) is 4.42. The van der Waals surface area contributed by atoms with Crippen LogP contribution in [0.2, 0.25) is 0 Å². The number of allylic oxidation sites excluding steroid dienone is 2. The highest BCUT2D eigenvalue weighted by Gasteiger charge is 2.06. The fourth-order valence-corrected chi connectivity index (χ4v) is 1.99. The van der Waals surface area contributed by atoms with Gasteiger partial charge in [0.1, 0.15) is 0 Å². The topological polar surface area (TPSA) is 40.9 Å². The SMILES string of the molecule is N#CCC/C(=C/C(=O)c1ccccc1)c1ccccc1. The van der Waals surface area contributed by atoms with Crippen molar-refractivity contribution in [2.24, 2.45) is 0 Å². The van der Waals surface area contributed by atoms with E-state index in [9.17, 15) is 4.79 Å². The molecule has 2 aromatic carbocycles. The van der Waals surface area contributed by atoms with Crippen molar-refractivity contribution in [1.82, 2.24) is 0 Å². The van der Waals surface area contributed by atoms with E-state index in [2.05, 4.69) is 6.07 Å². The molecule has 0 bridgehead atoms. The lowest BCUT2D eigenvalue weighted by atomic mass is 9.98. The molecule has 0 fully saturated rings. The first-order valence-corrected chi connectivity index (χ1v) is 6.53. The second kappa shape index (κ2) is 7.06. The molecule has 2 nitrogen and oxygen atoms in total. The maximum Gasteiger partial charge on any atom is 0.186 e. The average molecular weight is 261 g/mol.